The lowest BCUT2D eigenvalue weighted by molar-refractivity contribution is -0.120. The SMILES string of the molecule is CCC(=O)Nc1ccc(C)c(NC(=O)C2CCCNC2)c1.Cl. The lowest BCUT2D eigenvalue weighted by Crippen LogP contribution is -2.37. The minimum absolute atomic E-state index is 0. The first-order valence-corrected chi connectivity index (χ1v) is 7.52. The maximum Gasteiger partial charge on any atom is 0.228 e. The van der Waals surface area contributed by atoms with Gasteiger partial charge in [-0.15, -0.1) is 12.4 Å². The third-order valence-corrected chi connectivity index (χ3v) is 3.77. The molecule has 0 bridgehead atoms. The topological polar surface area (TPSA) is 70.2 Å². The van der Waals surface area contributed by atoms with Crippen molar-refractivity contribution in [1.29, 1.82) is 0 Å². The maximum atomic E-state index is 12.3. The van der Waals surface area contributed by atoms with Crippen molar-refractivity contribution in [3.05, 3.63) is 23.8 Å². The predicted molar refractivity (Wildman–Crippen MR) is 91.6 cm³/mol. The molecule has 0 saturated carbocycles. The van der Waals surface area contributed by atoms with Gasteiger partial charge in [-0.05, 0) is 44.0 Å². The van der Waals surface area contributed by atoms with E-state index in [0.29, 0.717) is 12.1 Å². The molecule has 1 aliphatic heterocycles. The Labute approximate surface area is 137 Å². The molecule has 1 fully saturated rings. The highest BCUT2D eigenvalue weighted by molar-refractivity contribution is 5.95. The highest BCUT2D eigenvalue weighted by atomic mass is 35.5. The normalized spacial score (nSPS) is 17.3. The third kappa shape index (κ3) is 5.00. The number of hydrogen-bond donors (Lipinski definition) is 3. The quantitative estimate of drug-likeness (QED) is 0.797. The number of nitrogens with one attached hydrogen (secondary N) is 3. The van der Waals surface area contributed by atoms with Gasteiger partial charge in [-0.1, -0.05) is 13.0 Å². The first-order chi connectivity index (χ1) is 10.1. The van der Waals surface area contributed by atoms with Gasteiger partial charge in [-0.2, -0.15) is 0 Å². The molecule has 6 heteroatoms. The number of halogens is 1. The average molecular weight is 326 g/mol. The van der Waals surface area contributed by atoms with E-state index < -0.39 is 0 Å². The summed E-state index contributed by atoms with van der Waals surface area (Å²) in [5, 5.41) is 9.03. The fourth-order valence-electron chi connectivity index (χ4n) is 2.39. The number of amides is 2. The fraction of sp³-hybridized carbons (Fsp3) is 0.500. The largest absolute Gasteiger partial charge is 0.326 e. The van der Waals surface area contributed by atoms with Crippen LogP contribution in [-0.4, -0.2) is 24.9 Å². The van der Waals surface area contributed by atoms with Crippen molar-refractivity contribution in [2.75, 3.05) is 23.7 Å². The van der Waals surface area contributed by atoms with Crippen molar-refractivity contribution in [1.82, 2.24) is 5.32 Å². The zero-order valence-electron chi connectivity index (χ0n) is 13.1. The molecule has 1 atom stereocenters. The Morgan fingerprint density at radius 2 is 2.09 bits per heavy atom. The van der Waals surface area contributed by atoms with E-state index >= 15 is 0 Å². The molecule has 5 nitrogen and oxygen atoms in total. The van der Waals surface area contributed by atoms with Crippen molar-refractivity contribution in [3.8, 4) is 0 Å². The van der Waals surface area contributed by atoms with Crippen LogP contribution in [0.3, 0.4) is 0 Å². The zero-order valence-corrected chi connectivity index (χ0v) is 13.9. The number of benzene rings is 1. The third-order valence-electron chi connectivity index (χ3n) is 3.77. The second-order valence-corrected chi connectivity index (χ2v) is 5.46. The number of carbonyl (C=O) groups is 2. The Morgan fingerprint density at radius 1 is 1.32 bits per heavy atom. The van der Waals surface area contributed by atoms with Gasteiger partial charge in [0, 0.05) is 24.3 Å². The molecule has 1 aromatic carbocycles. The van der Waals surface area contributed by atoms with E-state index in [1.165, 1.54) is 0 Å². The van der Waals surface area contributed by atoms with Gasteiger partial charge in [0.1, 0.15) is 0 Å². The summed E-state index contributed by atoms with van der Waals surface area (Å²) in [6.45, 7) is 5.47. The van der Waals surface area contributed by atoms with Gasteiger partial charge in [0.2, 0.25) is 11.8 Å². The molecule has 0 radical (unpaired) electrons. The summed E-state index contributed by atoms with van der Waals surface area (Å²) in [5.41, 5.74) is 2.46. The van der Waals surface area contributed by atoms with Gasteiger partial charge < -0.3 is 16.0 Å². The van der Waals surface area contributed by atoms with Gasteiger partial charge in [0.25, 0.3) is 0 Å². The molecule has 2 rings (SSSR count). The summed E-state index contributed by atoms with van der Waals surface area (Å²) < 4.78 is 0. The summed E-state index contributed by atoms with van der Waals surface area (Å²) >= 11 is 0. The van der Waals surface area contributed by atoms with E-state index in [4.69, 9.17) is 0 Å². The van der Waals surface area contributed by atoms with Crippen LogP contribution in [0.4, 0.5) is 11.4 Å². The van der Waals surface area contributed by atoms with E-state index in [1.54, 1.807) is 0 Å². The summed E-state index contributed by atoms with van der Waals surface area (Å²) in [7, 11) is 0. The number of anilines is 2. The van der Waals surface area contributed by atoms with Crippen molar-refractivity contribution in [2.45, 2.75) is 33.1 Å². The van der Waals surface area contributed by atoms with E-state index in [2.05, 4.69) is 16.0 Å². The summed E-state index contributed by atoms with van der Waals surface area (Å²) in [6, 6.07) is 5.57. The van der Waals surface area contributed by atoms with Crippen LogP contribution in [-0.2, 0) is 9.59 Å². The maximum absolute atomic E-state index is 12.3. The highest BCUT2D eigenvalue weighted by Gasteiger charge is 2.21. The molecule has 22 heavy (non-hydrogen) atoms. The van der Waals surface area contributed by atoms with Crippen molar-refractivity contribution < 1.29 is 9.59 Å². The molecule has 1 heterocycles. The fourth-order valence-corrected chi connectivity index (χ4v) is 2.39. The minimum atomic E-state index is -0.0346. The summed E-state index contributed by atoms with van der Waals surface area (Å²) in [4.78, 5) is 23.7. The van der Waals surface area contributed by atoms with E-state index in [9.17, 15) is 9.59 Å². The lowest BCUT2D eigenvalue weighted by Gasteiger charge is -2.22. The molecule has 1 saturated heterocycles. The van der Waals surface area contributed by atoms with Crippen LogP contribution in [0.5, 0.6) is 0 Å². The van der Waals surface area contributed by atoms with E-state index in [-0.39, 0.29) is 30.1 Å². The number of carbonyl (C=O) groups excluding carboxylic acids is 2. The highest BCUT2D eigenvalue weighted by Crippen LogP contribution is 2.22. The first-order valence-electron chi connectivity index (χ1n) is 7.52. The Kier molecular flexibility index (Phi) is 7.35. The molecule has 2 amide bonds. The smallest absolute Gasteiger partial charge is 0.228 e. The second-order valence-electron chi connectivity index (χ2n) is 5.46. The number of hydrogen-bond acceptors (Lipinski definition) is 3. The molecule has 0 aromatic heterocycles. The molecule has 1 aromatic rings. The molecular formula is C16H24ClN3O2. The Hall–Kier alpha value is -1.59. The van der Waals surface area contributed by atoms with E-state index in [0.717, 1.165) is 37.2 Å². The van der Waals surface area contributed by atoms with Crippen LogP contribution < -0.4 is 16.0 Å². The van der Waals surface area contributed by atoms with Crippen LogP contribution in [0.25, 0.3) is 0 Å². The minimum Gasteiger partial charge on any atom is -0.326 e. The average Bonchev–Trinajstić information content (AvgIpc) is 2.51. The monoisotopic (exact) mass is 325 g/mol. The number of rotatable bonds is 4. The van der Waals surface area contributed by atoms with Gasteiger partial charge >= 0.3 is 0 Å². The Morgan fingerprint density at radius 3 is 2.73 bits per heavy atom. The van der Waals surface area contributed by atoms with Crippen molar-refractivity contribution in [3.63, 3.8) is 0 Å². The Bertz CT molecular complexity index is 528. The van der Waals surface area contributed by atoms with Crippen molar-refractivity contribution >= 4 is 35.6 Å². The number of piperidine rings is 1. The molecule has 122 valence electrons. The number of aryl methyl sites for hydroxylation is 1. The molecule has 3 N–H and O–H groups in total. The first kappa shape index (κ1) is 18.5. The standard InChI is InChI=1S/C16H23N3O2.ClH/c1-3-15(20)18-13-7-6-11(2)14(9-13)19-16(21)12-5-4-8-17-10-12;/h6-7,9,12,17H,3-5,8,10H2,1-2H3,(H,18,20)(H,19,21);1H. The molecular weight excluding hydrogens is 302 g/mol. The molecule has 1 aliphatic rings. The molecule has 1 unspecified atom stereocenters. The van der Waals surface area contributed by atoms with E-state index in [1.807, 2.05) is 32.0 Å². The van der Waals surface area contributed by atoms with Gasteiger partial charge in [0.15, 0.2) is 0 Å². The zero-order chi connectivity index (χ0) is 15.2. The van der Waals surface area contributed by atoms with Gasteiger partial charge in [0.05, 0.1) is 5.92 Å². The Balaban J connectivity index is 0.00000242. The summed E-state index contributed by atoms with van der Waals surface area (Å²) in [5.74, 6) is 0.0314. The van der Waals surface area contributed by atoms with Crippen molar-refractivity contribution in [2.24, 2.45) is 5.92 Å². The predicted octanol–water partition coefficient (Wildman–Crippen LogP) is 2.70. The second kappa shape index (κ2) is 8.76. The van der Waals surface area contributed by atoms with Crippen LogP contribution in [0.15, 0.2) is 18.2 Å². The van der Waals surface area contributed by atoms with Crippen LogP contribution in [0, 0.1) is 12.8 Å². The van der Waals surface area contributed by atoms with Crippen LogP contribution >= 0.6 is 12.4 Å². The van der Waals surface area contributed by atoms with Crippen LogP contribution in [0.2, 0.25) is 0 Å². The van der Waals surface area contributed by atoms with Gasteiger partial charge in [-0.25, -0.2) is 0 Å². The lowest BCUT2D eigenvalue weighted by atomic mass is 9.98. The van der Waals surface area contributed by atoms with Crippen LogP contribution in [0.1, 0.15) is 31.7 Å². The van der Waals surface area contributed by atoms with Gasteiger partial charge in [-0.3, -0.25) is 9.59 Å². The molecule has 0 aliphatic carbocycles. The summed E-state index contributed by atoms with van der Waals surface area (Å²) in [6.07, 6.45) is 2.39. The molecule has 0 spiro atoms.